The molecule has 37 heavy (non-hydrogen) atoms. The molecule has 2 N–H and O–H groups in total. The molecule has 0 unspecified atom stereocenters. The van der Waals surface area contributed by atoms with Gasteiger partial charge in [-0.3, -0.25) is 14.4 Å². The van der Waals surface area contributed by atoms with Crippen LogP contribution >= 0.6 is 0 Å². The third kappa shape index (κ3) is 7.39. The zero-order valence-electron chi connectivity index (χ0n) is 22.2. The fourth-order valence-electron chi connectivity index (χ4n) is 5.53. The Morgan fingerprint density at radius 3 is 2.51 bits per heavy atom. The van der Waals surface area contributed by atoms with E-state index in [0.717, 1.165) is 0 Å². The standard InChI is InChI=1S/C26H40F2N2O7/c1-5-36-22(34)25-12-16(25)13-26(27,28)10-8-6-7-9-18(29-23(35)37-24(2,3)4)21(33)30-15-17(31)11-19(30)20(32)14-25/h16-19,31H,5-15H2,1-4H3,(H,29,35)/t16-,17+,18-,19-,25+/m0/s1. The first-order chi connectivity index (χ1) is 17.2. The third-order valence-corrected chi connectivity index (χ3v) is 7.41. The highest BCUT2D eigenvalue weighted by Gasteiger charge is 2.64. The maximum absolute atomic E-state index is 14.8. The fraction of sp³-hybridized carbons (Fsp3) is 0.846. The summed E-state index contributed by atoms with van der Waals surface area (Å²) in [6.07, 6.45) is -1.68. The van der Waals surface area contributed by atoms with Gasteiger partial charge in [-0.15, -0.1) is 0 Å². The fourth-order valence-corrected chi connectivity index (χ4v) is 5.53. The van der Waals surface area contributed by atoms with Crippen LogP contribution in [0.15, 0.2) is 0 Å². The number of halogens is 2. The quantitative estimate of drug-likeness (QED) is 0.537. The normalized spacial score (nSPS) is 32.9. The summed E-state index contributed by atoms with van der Waals surface area (Å²) in [6, 6.07) is -2.07. The number of hydrogen-bond donors (Lipinski definition) is 2. The maximum atomic E-state index is 14.8. The summed E-state index contributed by atoms with van der Waals surface area (Å²) in [4.78, 5) is 53.5. The zero-order chi connectivity index (χ0) is 27.6. The Hall–Kier alpha value is -2.30. The molecule has 2 saturated heterocycles. The molecular weight excluding hydrogens is 490 g/mol. The first-order valence-electron chi connectivity index (χ1n) is 13.2. The van der Waals surface area contributed by atoms with E-state index in [1.165, 1.54) is 4.90 Å². The minimum absolute atomic E-state index is 0.0243. The van der Waals surface area contributed by atoms with Crippen molar-refractivity contribution in [2.45, 2.75) is 115 Å². The number of amides is 2. The molecule has 9 nitrogen and oxygen atoms in total. The number of carbonyl (C=O) groups is 4. The summed E-state index contributed by atoms with van der Waals surface area (Å²) >= 11 is 0. The molecule has 3 rings (SSSR count). The van der Waals surface area contributed by atoms with Crippen molar-refractivity contribution in [2.75, 3.05) is 13.2 Å². The molecule has 210 valence electrons. The number of esters is 1. The minimum Gasteiger partial charge on any atom is -0.466 e. The van der Waals surface area contributed by atoms with Crippen LogP contribution in [0, 0.1) is 11.3 Å². The molecule has 1 saturated carbocycles. The molecule has 0 spiro atoms. The van der Waals surface area contributed by atoms with Crippen LogP contribution in [0.25, 0.3) is 0 Å². The number of ether oxygens (including phenoxy) is 2. The van der Waals surface area contributed by atoms with Crippen molar-refractivity contribution in [3.05, 3.63) is 0 Å². The lowest BCUT2D eigenvalue weighted by atomic mass is 9.90. The van der Waals surface area contributed by atoms with E-state index in [-0.39, 0.29) is 51.7 Å². The molecule has 0 bridgehead atoms. The van der Waals surface area contributed by atoms with Gasteiger partial charge >= 0.3 is 12.1 Å². The summed E-state index contributed by atoms with van der Waals surface area (Å²) in [5.74, 6) is -5.38. The van der Waals surface area contributed by atoms with Crippen LogP contribution in [0.4, 0.5) is 13.6 Å². The Morgan fingerprint density at radius 2 is 1.86 bits per heavy atom. The Morgan fingerprint density at radius 1 is 1.16 bits per heavy atom. The third-order valence-electron chi connectivity index (χ3n) is 7.41. The average Bonchev–Trinajstić information content (AvgIpc) is 3.28. The van der Waals surface area contributed by atoms with Gasteiger partial charge in [-0.1, -0.05) is 12.8 Å². The molecule has 3 aliphatic rings. The van der Waals surface area contributed by atoms with E-state index in [1.54, 1.807) is 27.7 Å². The van der Waals surface area contributed by atoms with Gasteiger partial charge in [0.25, 0.3) is 0 Å². The van der Waals surface area contributed by atoms with Gasteiger partial charge in [0.1, 0.15) is 11.6 Å². The zero-order valence-corrected chi connectivity index (χ0v) is 22.2. The first kappa shape index (κ1) is 29.3. The SMILES string of the molecule is CCOC(=O)[C@]12CC(=O)[C@@H]3C[C@@H](O)CN3C(=O)[C@@H](NC(=O)OC(C)(C)C)CCCCCC(F)(F)C[C@@H]1C2. The molecule has 0 aromatic rings. The van der Waals surface area contributed by atoms with Crippen molar-refractivity contribution in [3.8, 4) is 0 Å². The van der Waals surface area contributed by atoms with E-state index >= 15 is 0 Å². The average molecular weight is 531 g/mol. The predicted molar refractivity (Wildman–Crippen MR) is 129 cm³/mol. The molecule has 0 aromatic carbocycles. The van der Waals surface area contributed by atoms with Crippen molar-refractivity contribution in [3.63, 3.8) is 0 Å². The second kappa shape index (κ2) is 11.2. The molecule has 1 aliphatic carbocycles. The number of fused-ring (bicyclic) bond motifs is 2. The van der Waals surface area contributed by atoms with Crippen LogP contribution in [-0.4, -0.2) is 76.6 Å². The first-order valence-corrected chi connectivity index (χ1v) is 13.2. The van der Waals surface area contributed by atoms with Crippen LogP contribution in [0.2, 0.25) is 0 Å². The van der Waals surface area contributed by atoms with E-state index in [1.807, 2.05) is 0 Å². The maximum Gasteiger partial charge on any atom is 0.408 e. The summed E-state index contributed by atoms with van der Waals surface area (Å²) in [5.41, 5.74) is -2.14. The molecule has 2 amide bonds. The lowest BCUT2D eigenvalue weighted by Gasteiger charge is -2.30. The number of aliphatic hydroxyl groups excluding tert-OH is 1. The number of alkyl halides is 2. The van der Waals surface area contributed by atoms with Crippen molar-refractivity contribution < 1.29 is 42.5 Å². The van der Waals surface area contributed by atoms with Crippen LogP contribution in [0.3, 0.4) is 0 Å². The van der Waals surface area contributed by atoms with E-state index in [0.29, 0.717) is 12.8 Å². The number of nitrogens with one attached hydrogen (secondary N) is 1. The smallest absolute Gasteiger partial charge is 0.408 e. The Labute approximate surface area is 216 Å². The van der Waals surface area contributed by atoms with E-state index in [2.05, 4.69) is 5.32 Å². The summed E-state index contributed by atoms with van der Waals surface area (Å²) < 4.78 is 40.0. The summed E-state index contributed by atoms with van der Waals surface area (Å²) in [5, 5.41) is 12.9. The Bertz CT molecular complexity index is 891. The van der Waals surface area contributed by atoms with Crippen molar-refractivity contribution >= 4 is 23.8 Å². The van der Waals surface area contributed by atoms with Crippen molar-refractivity contribution in [1.29, 1.82) is 0 Å². The number of ketones is 1. The molecule has 0 aromatic heterocycles. The molecule has 2 aliphatic heterocycles. The summed E-state index contributed by atoms with van der Waals surface area (Å²) in [7, 11) is 0. The predicted octanol–water partition coefficient (Wildman–Crippen LogP) is 3.36. The van der Waals surface area contributed by atoms with Gasteiger partial charge in [-0.25, -0.2) is 13.6 Å². The van der Waals surface area contributed by atoms with Gasteiger partial charge in [0.2, 0.25) is 11.8 Å². The van der Waals surface area contributed by atoms with Crippen LogP contribution < -0.4 is 5.32 Å². The van der Waals surface area contributed by atoms with Gasteiger partial charge in [-0.05, 0) is 52.9 Å². The number of Topliss-reactive ketones (excluding diaryl/α,β-unsaturated/α-hetero) is 1. The molecular formula is C26H40F2N2O7. The van der Waals surface area contributed by atoms with E-state index in [4.69, 9.17) is 9.47 Å². The van der Waals surface area contributed by atoms with E-state index in [9.17, 15) is 33.1 Å². The van der Waals surface area contributed by atoms with Gasteiger partial charge in [0, 0.05) is 32.2 Å². The number of nitrogens with zero attached hydrogens (tertiary/aromatic N) is 1. The number of aliphatic hydroxyl groups is 1. The highest BCUT2D eigenvalue weighted by Crippen LogP contribution is 2.60. The van der Waals surface area contributed by atoms with Gasteiger partial charge in [0.15, 0.2) is 5.78 Å². The van der Waals surface area contributed by atoms with Gasteiger partial charge in [-0.2, -0.15) is 0 Å². The number of rotatable bonds is 3. The lowest BCUT2D eigenvalue weighted by Crippen LogP contribution is -2.52. The topological polar surface area (TPSA) is 122 Å². The van der Waals surface area contributed by atoms with Crippen LogP contribution in [0.1, 0.15) is 85.5 Å². The number of carbonyl (C=O) groups excluding carboxylic acids is 4. The van der Waals surface area contributed by atoms with Gasteiger partial charge < -0.3 is 24.8 Å². The second-order valence-corrected chi connectivity index (χ2v) is 11.7. The van der Waals surface area contributed by atoms with Crippen molar-refractivity contribution in [2.24, 2.45) is 11.3 Å². The van der Waals surface area contributed by atoms with Crippen LogP contribution in [0.5, 0.6) is 0 Å². The Balaban J connectivity index is 1.88. The molecule has 0 radical (unpaired) electrons. The Kier molecular flexibility index (Phi) is 8.86. The highest BCUT2D eigenvalue weighted by molar-refractivity contribution is 5.96. The van der Waals surface area contributed by atoms with Crippen LogP contribution in [-0.2, 0) is 23.9 Å². The monoisotopic (exact) mass is 530 g/mol. The lowest BCUT2D eigenvalue weighted by molar-refractivity contribution is -0.153. The van der Waals surface area contributed by atoms with Gasteiger partial charge in [0.05, 0.1) is 24.2 Å². The molecule has 2 heterocycles. The largest absolute Gasteiger partial charge is 0.466 e. The molecule has 11 heteroatoms. The summed E-state index contributed by atoms with van der Waals surface area (Å²) in [6.45, 7) is 6.61. The number of alkyl carbamates (subject to hydrolysis) is 1. The van der Waals surface area contributed by atoms with E-state index < -0.39 is 71.2 Å². The van der Waals surface area contributed by atoms with Crippen molar-refractivity contribution in [1.82, 2.24) is 10.2 Å². The second-order valence-electron chi connectivity index (χ2n) is 11.7. The molecule has 5 atom stereocenters. The minimum atomic E-state index is -3.00. The molecule has 3 fully saturated rings. The highest BCUT2D eigenvalue weighted by atomic mass is 19.3. The number of hydrogen-bond acceptors (Lipinski definition) is 7.